The molecule has 2 aromatic rings. The molecule has 1 N–H and O–H groups in total. The van der Waals surface area contributed by atoms with E-state index in [2.05, 4.69) is 12.0 Å². The van der Waals surface area contributed by atoms with Crippen LogP contribution in [0.15, 0.2) is 28.0 Å². The summed E-state index contributed by atoms with van der Waals surface area (Å²) in [5, 5.41) is 14.8. The van der Waals surface area contributed by atoms with Gasteiger partial charge >= 0.3 is 6.18 Å². The average Bonchev–Trinajstić information content (AvgIpc) is 2.75. The van der Waals surface area contributed by atoms with Crippen molar-refractivity contribution in [1.82, 2.24) is 9.78 Å². The first-order valence-electron chi connectivity index (χ1n) is 11.5. The number of aryl methyl sites for hydroxylation is 1. The highest BCUT2D eigenvalue weighted by molar-refractivity contribution is 7.99. The Kier molecular flexibility index (Phi) is 11.1. The summed E-state index contributed by atoms with van der Waals surface area (Å²) in [5.41, 5.74) is -2.70. The summed E-state index contributed by atoms with van der Waals surface area (Å²) in [6.45, 7) is 2.21. The third kappa shape index (κ3) is 8.25. The lowest BCUT2D eigenvalue weighted by atomic mass is 10.00. The van der Waals surface area contributed by atoms with Gasteiger partial charge in [0.25, 0.3) is 5.56 Å². The van der Waals surface area contributed by atoms with Gasteiger partial charge in [-0.05, 0) is 24.3 Å². The molecule has 4 nitrogen and oxygen atoms in total. The number of rotatable bonds is 13. The van der Waals surface area contributed by atoms with E-state index in [1.807, 2.05) is 0 Å². The Morgan fingerprint density at radius 3 is 2.18 bits per heavy atom. The minimum absolute atomic E-state index is 0.105. The van der Waals surface area contributed by atoms with Crippen LogP contribution in [-0.4, -0.2) is 20.6 Å². The number of unbranched alkanes of at least 4 members (excludes halogenated alkanes) is 9. The van der Waals surface area contributed by atoms with Crippen molar-refractivity contribution in [2.24, 2.45) is 7.05 Å². The lowest BCUT2D eigenvalue weighted by Gasteiger charge is -2.16. The van der Waals surface area contributed by atoms with Crippen molar-refractivity contribution in [3.63, 3.8) is 0 Å². The van der Waals surface area contributed by atoms with Crippen LogP contribution in [0.3, 0.4) is 0 Å². The molecule has 0 bridgehead atoms. The average molecular weight is 505 g/mol. The summed E-state index contributed by atoms with van der Waals surface area (Å²) in [5.74, 6) is 0.129. The summed E-state index contributed by atoms with van der Waals surface area (Å²) >= 11 is 6.99. The van der Waals surface area contributed by atoms with Gasteiger partial charge in [-0.1, -0.05) is 82.4 Å². The SMILES string of the molecule is CCCCCCCCCCCCSc1nn(C)c(=O)c(-c2ccc(Cl)cc2C(F)(F)F)c1O. The molecule has 1 aromatic heterocycles. The first-order valence-corrected chi connectivity index (χ1v) is 12.8. The van der Waals surface area contributed by atoms with E-state index in [9.17, 15) is 23.1 Å². The molecule has 0 aliphatic heterocycles. The van der Waals surface area contributed by atoms with Crippen molar-refractivity contribution < 1.29 is 18.3 Å². The Labute approximate surface area is 202 Å². The van der Waals surface area contributed by atoms with Crippen LogP contribution < -0.4 is 5.56 Å². The molecule has 1 heterocycles. The highest BCUT2D eigenvalue weighted by Gasteiger charge is 2.36. The molecule has 9 heteroatoms. The van der Waals surface area contributed by atoms with Crippen molar-refractivity contribution >= 4 is 23.4 Å². The van der Waals surface area contributed by atoms with E-state index in [-0.39, 0.29) is 10.0 Å². The molecule has 0 spiro atoms. The van der Waals surface area contributed by atoms with Gasteiger partial charge in [-0.25, -0.2) is 4.68 Å². The Balaban J connectivity index is 2.02. The second kappa shape index (κ2) is 13.3. The standard InChI is InChI=1S/C24H32ClF3N2O2S/c1-3-4-5-6-7-8-9-10-11-12-15-33-22-21(31)20(23(32)30(2)29-22)18-14-13-17(25)16-19(18)24(26,27)28/h13-14,16,31H,3-12,15H2,1-2H3. The molecule has 0 aliphatic carbocycles. The van der Waals surface area contributed by atoms with Crippen LogP contribution in [-0.2, 0) is 13.2 Å². The van der Waals surface area contributed by atoms with E-state index in [1.165, 1.54) is 69.8 Å². The minimum atomic E-state index is -4.73. The van der Waals surface area contributed by atoms with Crippen LogP contribution in [0.25, 0.3) is 11.1 Å². The molecule has 0 atom stereocenters. The van der Waals surface area contributed by atoms with Crippen LogP contribution in [0.4, 0.5) is 13.2 Å². The molecule has 0 unspecified atom stereocenters. The number of benzene rings is 1. The summed E-state index contributed by atoms with van der Waals surface area (Å²) < 4.78 is 41.6. The third-order valence-corrected chi connectivity index (χ3v) is 6.76. The van der Waals surface area contributed by atoms with Crippen LogP contribution in [0, 0.1) is 0 Å². The summed E-state index contributed by atoms with van der Waals surface area (Å²) in [6, 6.07) is 3.13. The number of halogens is 4. The van der Waals surface area contributed by atoms with Crippen LogP contribution >= 0.6 is 23.4 Å². The maximum absolute atomic E-state index is 13.6. The van der Waals surface area contributed by atoms with Gasteiger partial charge in [0.1, 0.15) is 0 Å². The number of nitrogens with zero attached hydrogens (tertiary/aromatic N) is 2. The molecule has 2 rings (SSSR count). The van der Waals surface area contributed by atoms with Gasteiger partial charge in [0.2, 0.25) is 0 Å². The van der Waals surface area contributed by atoms with E-state index in [4.69, 9.17) is 11.6 Å². The maximum atomic E-state index is 13.6. The highest BCUT2D eigenvalue weighted by atomic mass is 35.5. The highest BCUT2D eigenvalue weighted by Crippen LogP contribution is 2.42. The predicted molar refractivity (Wildman–Crippen MR) is 129 cm³/mol. The van der Waals surface area contributed by atoms with Crippen molar-refractivity contribution in [3.05, 3.63) is 39.1 Å². The predicted octanol–water partition coefficient (Wildman–Crippen LogP) is 7.84. The fourth-order valence-corrected chi connectivity index (χ4v) is 4.80. The quantitative estimate of drug-likeness (QED) is 0.223. The molecule has 33 heavy (non-hydrogen) atoms. The van der Waals surface area contributed by atoms with Crippen LogP contribution in [0.2, 0.25) is 5.02 Å². The Morgan fingerprint density at radius 1 is 1.03 bits per heavy atom. The second-order valence-corrected chi connectivity index (χ2v) is 9.70. The van der Waals surface area contributed by atoms with Crippen LogP contribution in [0.5, 0.6) is 5.75 Å². The van der Waals surface area contributed by atoms with E-state index < -0.39 is 34.2 Å². The lowest BCUT2D eigenvalue weighted by Crippen LogP contribution is -2.23. The molecule has 1 aromatic carbocycles. The second-order valence-electron chi connectivity index (χ2n) is 8.18. The fourth-order valence-electron chi connectivity index (χ4n) is 3.67. The van der Waals surface area contributed by atoms with E-state index >= 15 is 0 Å². The zero-order valence-corrected chi connectivity index (χ0v) is 20.8. The summed E-state index contributed by atoms with van der Waals surface area (Å²) in [7, 11) is 1.36. The number of aromatic nitrogens is 2. The van der Waals surface area contributed by atoms with Gasteiger partial charge in [0.15, 0.2) is 10.8 Å². The normalized spacial score (nSPS) is 11.8. The Hall–Kier alpha value is -1.67. The first-order chi connectivity index (χ1) is 15.7. The molecule has 0 radical (unpaired) electrons. The van der Waals surface area contributed by atoms with Crippen molar-refractivity contribution in [1.29, 1.82) is 0 Å². The van der Waals surface area contributed by atoms with E-state index in [0.29, 0.717) is 5.75 Å². The van der Waals surface area contributed by atoms with Crippen molar-refractivity contribution in [2.75, 3.05) is 5.75 Å². The van der Waals surface area contributed by atoms with E-state index in [0.717, 1.165) is 36.1 Å². The molecule has 0 aliphatic rings. The molecular formula is C24H32ClF3N2O2S. The lowest BCUT2D eigenvalue weighted by molar-refractivity contribution is -0.137. The Morgan fingerprint density at radius 2 is 1.61 bits per heavy atom. The van der Waals surface area contributed by atoms with Crippen molar-refractivity contribution in [2.45, 2.75) is 82.3 Å². The first kappa shape index (κ1) is 27.6. The van der Waals surface area contributed by atoms with Gasteiger partial charge in [-0.3, -0.25) is 4.79 Å². The zero-order chi connectivity index (χ0) is 24.4. The third-order valence-electron chi connectivity index (χ3n) is 5.48. The monoisotopic (exact) mass is 504 g/mol. The topological polar surface area (TPSA) is 55.1 Å². The van der Waals surface area contributed by atoms with Gasteiger partial charge < -0.3 is 5.11 Å². The van der Waals surface area contributed by atoms with Gasteiger partial charge in [0.05, 0.1) is 11.1 Å². The van der Waals surface area contributed by atoms with Crippen LogP contribution in [0.1, 0.15) is 76.7 Å². The molecule has 0 saturated carbocycles. The molecule has 0 fully saturated rings. The fraction of sp³-hybridized carbons (Fsp3) is 0.583. The molecule has 184 valence electrons. The van der Waals surface area contributed by atoms with Gasteiger partial charge in [0, 0.05) is 17.6 Å². The van der Waals surface area contributed by atoms with Gasteiger partial charge in [-0.15, -0.1) is 11.8 Å². The Bertz CT molecular complexity index is 964. The molecular weight excluding hydrogens is 473 g/mol. The number of alkyl halides is 3. The number of aromatic hydroxyl groups is 1. The largest absolute Gasteiger partial charge is 0.504 e. The smallest absolute Gasteiger partial charge is 0.417 e. The molecule has 0 saturated heterocycles. The van der Waals surface area contributed by atoms with E-state index in [1.54, 1.807) is 0 Å². The number of thioether (sulfide) groups is 1. The minimum Gasteiger partial charge on any atom is -0.504 e. The zero-order valence-electron chi connectivity index (χ0n) is 19.2. The number of hydrogen-bond acceptors (Lipinski definition) is 4. The number of hydrogen-bond donors (Lipinski definition) is 1. The van der Waals surface area contributed by atoms with Gasteiger partial charge in [-0.2, -0.15) is 18.3 Å². The summed E-state index contributed by atoms with van der Waals surface area (Å²) in [4.78, 5) is 12.6. The maximum Gasteiger partial charge on any atom is 0.417 e. The molecule has 0 amide bonds. The van der Waals surface area contributed by atoms with Crippen molar-refractivity contribution in [3.8, 4) is 16.9 Å². The summed E-state index contributed by atoms with van der Waals surface area (Å²) in [6.07, 6.45) is 7.22.